The Morgan fingerprint density at radius 3 is 2.42 bits per heavy atom. The Kier molecular flexibility index (Phi) is 6.40. The molecule has 0 spiro atoms. The number of carbonyl (C=O) groups excluding carboxylic acids is 1. The van der Waals surface area contributed by atoms with E-state index in [0.717, 1.165) is 0 Å². The Morgan fingerprint density at radius 2 is 1.78 bits per heavy atom. The largest absolute Gasteiger partial charge is 0.463 e. The van der Waals surface area contributed by atoms with E-state index < -0.39 is 10.0 Å². The predicted molar refractivity (Wildman–Crippen MR) is 132 cm³/mol. The number of sulfonamides is 1. The lowest BCUT2D eigenvalue weighted by Gasteiger charge is -2.07. The third kappa shape index (κ3) is 5.21. The van der Waals surface area contributed by atoms with Gasteiger partial charge in [-0.05, 0) is 55.5 Å². The first-order valence-electron chi connectivity index (χ1n) is 10.5. The van der Waals surface area contributed by atoms with Gasteiger partial charge in [0.05, 0.1) is 23.2 Å². The fourth-order valence-electron chi connectivity index (χ4n) is 3.27. The summed E-state index contributed by atoms with van der Waals surface area (Å²) >= 11 is 1.20. The van der Waals surface area contributed by atoms with Crippen LogP contribution in [0.25, 0.3) is 22.9 Å². The van der Waals surface area contributed by atoms with Crippen LogP contribution in [0.4, 0.5) is 11.5 Å². The summed E-state index contributed by atoms with van der Waals surface area (Å²) in [6, 6.07) is 14.4. The quantitative estimate of drug-likeness (QED) is 0.231. The van der Waals surface area contributed by atoms with Gasteiger partial charge in [-0.15, -0.1) is 0 Å². The number of H-pyrrole nitrogens is 1. The Balaban J connectivity index is 1.22. The Hall–Kier alpha value is -4.23. The topological polar surface area (TPSA) is 156 Å². The number of aryl methyl sites for hydroxylation is 1. The van der Waals surface area contributed by atoms with Crippen LogP contribution >= 0.6 is 11.8 Å². The summed E-state index contributed by atoms with van der Waals surface area (Å²) in [6.07, 6.45) is 3.11. The molecule has 36 heavy (non-hydrogen) atoms. The highest BCUT2D eigenvalue weighted by molar-refractivity contribution is 7.99. The van der Waals surface area contributed by atoms with Crippen molar-refractivity contribution in [3.8, 4) is 22.9 Å². The fourth-order valence-corrected chi connectivity index (χ4v) is 4.92. The first-order chi connectivity index (χ1) is 17.4. The number of amides is 1. The van der Waals surface area contributed by atoms with Crippen molar-refractivity contribution in [2.24, 2.45) is 0 Å². The number of aromatic amines is 1. The van der Waals surface area contributed by atoms with Gasteiger partial charge in [0.15, 0.2) is 22.5 Å². The first-order valence-corrected chi connectivity index (χ1v) is 13.0. The smallest absolute Gasteiger partial charge is 0.263 e. The number of nitrogens with one attached hydrogen (secondary N) is 3. The lowest BCUT2D eigenvalue weighted by molar-refractivity contribution is -0.113. The van der Waals surface area contributed by atoms with Gasteiger partial charge in [-0.1, -0.05) is 16.9 Å². The lowest BCUT2D eigenvalue weighted by Crippen LogP contribution is -2.15. The van der Waals surface area contributed by atoms with Crippen LogP contribution in [0, 0.1) is 6.92 Å². The lowest BCUT2D eigenvalue weighted by atomic mass is 10.2. The maximum Gasteiger partial charge on any atom is 0.263 e. The minimum atomic E-state index is -3.85. The number of anilines is 2. The first kappa shape index (κ1) is 23.5. The zero-order valence-corrected chi connectivity index (χ0v) is 20.4. The fraction of sp³-hybridized carbons (Fsp3) is 0.0870. The Labute approximate surface area is 209 Å². The number of hydrogen-bond acceptors (Lipinski definition) is 9. The van der Waals surface area contributed by atoms with Gasteiger partial charge >= 0.3 is 0 Å². The summed E-state index contributed by atoms with van der Waals surface area (Å²) in [5.74, 6) is 1.50. The SMILES string of the molecule is Cc1cc(NS(=O)(=O)c2ccc(NC(=O)CSc3nc(-c4ccco4)c(-c4ccco4)[nH]3)cc2)no1. The number of thioether (sulfide) groups is 1. The summed E-state index contributed by atoms with van der Waals surface area (Å²) in [5.41, 5.74) is 1.66. The van der Waals surface area contributed by atoms with E-state index in [-0.39, 0.29) is 22.4 Å². The molecule has 0 unspecified atom stereocenters. The minimum absolute atomic E-state index is 0.0158. The van der Waals surface area contributed by atoms with Crippen LogP contribution in [0.3, 0.4) is 0 Å². The van der Waals surface area contributed by atoms with E-state index in [1.807, 2.05) is 0 Å². The van der Waals surface area contributed by atoms with Crippen molar-refractivity contribution in [1.29, 1.82) is 0 Å². The summed E-state index contributed by atoms with van der Waals surface area (Å²) in [5, 5.41) is 6.87. The van der Waals surface area contributed by atoms with Gasteiger partial charge in [0.2, 0.25) is 5.91 Å². The molecule has 0 fully saturated rings. The van der Waals surface area contributed by atoms with Crippen molar-refractivity contribution >= 4 is 39.2 Å². The molecule has 4 heterocycles. The number of furan rings is 2. The monoisotopic (exact) mass is 525 g/mol. The molecule has 4 aromatic heterocycles. The summed E-state index contributed by atoms with van der Waals surface area (Å²) in [6.45, 7) is 1.66. The molecule has 5 aromatic rings. The van der Waals surface area contributed by atoms with Crippen LogP contribution in [-0.4, -0.2) is 35.2 Å². The molecule has 0 aliphatic rings. The number of nitrogens with zero attached hydrogens (tertiary/aromatic N) is 2. The van der Waals surface area contributed by atoms with Crippen LogP contribution in [0.2, 0.25) is 0 Å². The zero-order chi connectivity index (χ0) is 25.1. The van der Waals surface area contributed by atoms with Crippen LogP contribution in [-0.2, 0) is 14.8 Å². The molecule has 0 saturated carbocycles. The number of aromatic nitrogens is 3. The Morgan fingerprint density at radius 1 is 1.06 bits per heavy atom. The molecule has 3 N–H and O–H groups in total. The predicted octanol–water partition coefficient (Wildman–Crippen LogP) is 4.76. The van der Waals surface area contributed by atoms with Crippen LogP contribution < -0.4 is 10.0 Å². The van der Waals surface area contributed by atoms with Gasteiger partial charge in [0.25, 0.3) is 10.0 Å². The molecule has 1 amide bonds. The zero-order valence-electron chi connectivity index (χ0n) is 18.7. The molecule has 5 rings (SSSR count). The molecule has 11 nitrogen and oxygen atoms in total. The summed E-state index contributed by atoms with van der Waals surface area (Å²) in [7, 11) is -3.85. The molecular weight excluding hydrogens is 506 g/mol. The number of carbonyl (C=O) groups is 1. The number of rotatable bonds is 9. The van der Waals surface area contributed by atoms with E-state index >= 15 is 0 Å². The van der Waals surface area contributed by atoms with E-state index in [9.17, 15) is 13.2 Å². The van der Waals surface area contributed by atoms with E-state index in [1.54, 1.807) is 43.7 Å². The summed E-state index contributed by atoms with van der Waals surface area (Å²) in [4.78, 5) is 20.2. The molecule has 0 bridgehead atoms. The molecule has 1 aromatic carbocycles. The highest BCUT2D eigenvalue weighted by Crippen LogP contribution is 2.33. The second-order valence-electron chi connectivity index (χ2n) is 7.51. The van der Waals surface area contributed by atoms with Crippen molar-refractivity contribution in [1.82, 2.24) is 15.1 Å². The minimum Gasteiger partial charge on any atom is -0.463 e. The van der Waals surface area contributed by atoms with Gasteiger partial charge in [0, 0.05) is 11.8 Å². The van der Waals surface area contributed by atoms with Crippen LogP contribution in [0.5, 0.6) is 0 Å². The normalized spacial score (nSPS) is 11.5. The maximum atomic E-state index is 12.5. The Bertz CT molecular complexity index is 1520. The second-order valence-corrected chi connectivity index (χ2v) is 10.2. The van der Waals surface area contributed by atoms with E-state index in [0.29, 0.717) is 39.5 Å². The van der Waals surface area contributed by atoms with Gasteiger partial charge < -0.3 is 23.7 Å². The highest BCUT2D eigenvalue weighted by Gasteiger charge is 2.19. The maximum absolute atomic E-state index is 12.5. The van der Waals surface area contributed by atoms with Crippen molar-refractivity contribution in [2.75, 3.05) is 15.8 Å². The third-order valence-electron chi connectivity index (χ3n) is 4.86. The van der Waals surface area contributed by atoms with Gasteiger partial charge in [0.1, 0.15) is 17.1 Å². The van der Waals surface area contributed by atoms with Crippen molar-refractivity contribution < 1.29 is 26.6 Å². The van der Waals surface area contributed by atoms with Crippen molar-refractivity contribution in [2.45, 2.75) is 17.0 Å². The molecule has 0 aliphatic carbocycles. The van der Waals surface area contributed by atoms with Gasteiger partial charge in [-0.3, -0.25) is 9.52 Å². The average Bonchev–Trinajstić information content (AvgIpc) is 3.65. The van der Waals surface area contributed by atoms with Crippen LogP contribution in [0.15, 0.2) is 90.5 Å². The number of hydrogen-bond donors (Lipinski definition) is 3. The standard InChI is InChI=1S/C23H19N5O6S2/c1-14-12-19(27-34-14)28-36(30,31)16-8-6-15(7-9-16)24-20(29)13-35-23-25-21(17-4-2-10-32-17)22(26-23)18-5-3-11-33-18/h2-12H,13H2,1H3,(H,24,29)(H,25,26)(H,27,28). The number of benzene rings is 1. The molecule has 0 radical (unpaired) electrons. The molecule has 184 valence electrons. The second kappa shape index (κ2) is 9.79. The van der Waals surface area contributed by atoms with E-state index in [1.165, 1.54) is 42.1 Å². The highest BCUT2D eigenvalue weighted by atomic mass is 32.2. The molecule has 13 heteroatoms. The third-order valence-corrected chi connectivity index (χ3v) is 7.10. The molecule has 0 atom stereocenters. The van der Waals surface area contributed by atoms with E-state index in [4.69, 9.17) is 13.4 Å². The van der Waals surface area contributed by atoms with E-state index in [2.05, 4.69) is 25.2 Å². The summed E-state index contributed by atoms with van der Waals surface area (Å²) < 4.78 is 43.2. The van der Waals surface area contributed by atoms with Crippen molar-refractivity contribution in [3.05, 3.63) is 72.9 Å². The molecule has 0 saturated heterocycles. The van der Waals surface area contributed by atoms with Crippen LogP contribution in [0.1, 0.15) is 5.76 Å². The molecule has 0 aliphatic heterocycles. The molecular formula is C23H19N5O6S2. The average molecular weight is 526 g/mol. The van der Waals surface area contributed by atoms with Gasteiger partial charge in [-0.25, -0.2) is 13.4 Å². The van der Waals surface area contributed by atoms with Gasteiger partial charge in [-0.2, -0.15) is 0 Å². The van der Waals surface area contributed by atoms with Crippen molar-refractivity contribution in [3.63, 3.8) is 0 Å². The number of imidazole rings is 1.